The molecule has 2 aliphatic rings. The molecule has 0 atom stereocenters. The van der Waals surface area contributed by atoms with Gasteiger partial charge < -0.3 is 0 Å². The smallest absolute Gasteiger partial charge is 0.108 e. The van der Waals surface area contributed by atoms with Crippen molar-refractivity contribution in [1.82, 2.24) is 0 Å². The van der Waals surface area contributed by atoms with Crippen LogP contribution in [0, 0.1) is 5.92 Å². The largest absolute Gasteiger partial charge is 0.170 e. The average Bonchev–Trinajstić information content (AvgIpc) is 2.55. The minimum Gasteiger partial charge on any atom is -0.108 e. The fourth-order valence-electron chi connectivity index (χ4n) is 3.58. The first-order valence-electron chi connectivity index (χ1n) is 7.53. The van der Waals surface area contributed by atoms with Gasteiger partial charge in [-0.05, 0) is 12.3 Å². The van der Waals surface area contributed by atoms with E-state index >= 15 is 0 Å². The molecule has 0 radical (unpaired) electrons. The molecule has 1 fully saturated rings. The van der Waals surface area contributed by atoms with Crippen molar-refractivity contribution in [3.05, 3.63) is 11.5 Å². The molecule has 0 N–H and O–H groups in total. The average molecular weight is 218 g/mol. The highest BCUT2D eigenvalue weighted by atomic mass is 14.2. The monoisotopic (exact) mass is 218 g/mol. The second-order valence-electron chi connectivity index (χ2n) is 6.01. The van der Waals surface area contributed by atoms with E-state index in [0.29, 0.717) is 0 Å². The maximum atomic E-state index is 2.45. The number of hydrogen-bond acceptors (Lipinski definition) is 0. The molecule has 0 saturated heterocycles. The predicted molar refractivity (Wildman–Crippen MR) is 74.2 cm³/mol. The fraction of sp³-hybridized carbons (Fsp3) is 0.867. The minimum atomic E-state index is 0.950. The van der Waals surface area contributed by atoms with Crippen molar-refractivity contribution >= 4 is 6.71 Å². The highest BCUT2D eigenvalue weighted by molar-refractivity contribution is 6.67. The van der Waals surface area contributed by atoms with E-state index in [1.165, 1.54) is 70.4 Å². The van der Waals surface area contributed by atoms with Crippen LogP contribution in [0.5, 0.6) is 0 Å². The van der Waals surface area contributed by atoms with Gasteiger partial charge in [0.15, 0.2) is 6.71 Å². The Bertz CT molecular complexity index is 224. The molecule has 0 aromatic heterocycles. The summed E-state index contributed by atoms with van der Waals surface area (Å²) in [6.07, 6.45) is 18.8. The van der Waals surface area contributed by atoms with E-state index in [2.05, 4.69) is 13.0 Å². The Morgan fingerprint density at radius 2 is 1.94 bits per heavy atom. The third-order valence-corrected chi connectivity index (χ3v) is 4.77. The van der Waals surface area contributed by atoms with Gasteiger partial charge in [0.05, 0.1) is 0 Å². The molecule has 1 aliphatic heterocycles. The second kappa shape index (κ2) is 6.52. The molecule has 90 valence electrons. The Balaban J connectivity index is 1.61. The fourth-order valence-corrected chi connectivity index (χ4v) is 3.58. The van der Waals surface area contributed by atoms with Crippen LogP contribution in [0.1, 0.15) is 64.7 Å². The zero-order chi connectivity index (χ0) is 11.2. The lowest BCUT2D eigenvalue weighted by Crippen LogP contribution is -2.10. The Kier molecular flexibility index (Phi) is 5.00. The lowest BCUT2D eigenvalue weighted by atomic mass is 9.42. The summed E-state index contributed by atoms with van der Waals surface area (Å²) in [5, 5.41) is 0. The zero-order valence-electron chi connectivity index (χ0n) is 11.0. The summed E-state index contributed by atoms with van der Waals surface area (Å²) in [4.78, 5) is 0. The molecular formula is C15H27B. The van der Waals surface area contributed by atoms with Crippen molar-refractivity contribution in [3.8, 4) is 0 Å². The SMILES string of the molecule is CC1=CCCB1CCCC1CCCCCC1. The third-order valence-electron chi connectivity index (χ3n) is 4.77. The lowest BCUT2D eigenvalue weighted by molar-refractivity contribution is 0.423. The third kappa shape index (κ3) is 3.68. The van der Waals surface area contributed by atoms with Crippen LogP contribution >= 0.6 is 0 Å². The summed E-state index contributed by atoms with van der Waals surface area (Å²) in [5.41, 5.74) is 1.68. The van der Waals surface area contributed by atoms with E-state index in [-0.39, 0.29) is 0 Å². The normalized spacial score (nSPS) is 23.3. The second-order valence-corrected chi connectivity index (χ2v) is 6.01. The van der Waals surface area contributed by atoms with E-state index in [4.69, 9.17) is 0 Å². The van der Waals surface area contributed by atoms with Gasteiger partial charge in [-0.2, -0.15) is 0 Å². The van der Waals surface area contributed by atoms with E-state index in [9.17, 15) is 0 Å². The van der Waals surface area contributed by atoms with Crippen LogP contribution < -0.4 is 0 Å². The molecule has 0 bridgehead atoms. The maximum absolute atomic E-state index is 2.45. The van der Waals surface area contributed by atoms with E-state index in [1.807, 2.05) is 0 Å². The van der Waals surface area contributed by atoms with Gasteiger partial charge in [-0.25, -0.2) is 0 Å². The molecule has 16 heavy (non-hydrogen) atoms. The molecular weight excluding hydrogens is 191 g/mol. The molecule has 1 saturated carbocycles. The van der Waals surface area contributed by atoms with Crippen LogP contribution in [0.2, 0.25) is 12.6 Å². The highest BCUT2D eigenvalue weighted by Crippen LogP contribution is 2.29. The summed E-state index contributed by atoms with van der Waals surface area (Å²) in [6.45, 7) is 3.29. The van der Waals surface area contributed by atoms with Crippen molar-refractivity contribution in [2.75, 3.05) is 0 Å². The maximum Gasteiger partial charge on any atom is 0.170 e. The molecule has 2 rings (SSSR count). The molecule has 0 aromatic rings. The van der Waals surface area contributed by atoms with Crippen LogP contribution in [-0.2, 0) is 0 Å². The molecule has 1 heterocycles. The molecule has 1 heteroatoms. The standard InChI is InChI=1S/C15H27B/c1-14-8-6-12-16(14)13-7-11-15-9-4-2-3-5-10-15/h8,15H,2-7,9-13H2,1H3. The molecule has 0 unspecified atom stereocenters. The minimum absolute atomic E-state index is 0.950. The Morgan fingerprint density at radius 1 is 1.19 bits per heavy atom. The Morgan fingerprint density at radius 3 is 2.56 bits per heavy atom. The van der Waals surface area contributed by atoms with E-state index < -0.39 is 0 Å². The van der Waals surface area contributed by atoms with Crippen molar-refractivity contribution < 1.29 is 0 Å². The molecule has 0 aromatic carbocycles. The Hall–Kier alpha value is -0.195. The molecule has 0 amide bonds. The van der Waals surface area contributed by atoms with Gasteiger partial charge in [0, 0.05) is 0 Å². The van der Waals surface area contributed by atoms with Gasteiger partial charge in [0.25, 0.3) is 0 Å². The highest BCUT2D eigenvalue weighted by Gasteiger charge is 2.20. The van der Waals surface area contributed by atoms with Crippen molar-refractivity contribution in [2.45, 2.75) is 77.4 Å². The van der Waals surface area contributed by atoms with Gasteiger partial charge in [-0.15, -0.1) is 5.47 Å². The summed E-state index contributed by atoms with van der Waals surface area (Å²) in [6, 6.07) is 0. The van der Waals surface area contributed by atoms with Crippen molar-refractivity contribution in [1.29, 1.82) is 0 Å². The first-order chi connectivity index (χ1) is 7.86. The zero-order valence-corrected chi connectivity index (χ0v) is 11.0. The predicted octanol–water partition coefficient (Wildman–Crippen LogP) is 5.12. The van der Waals surface area contributed by atoms with Crippen LogP contribution in [0.4, 0.5) is 0 Å². The quantitative estimate of drug-likeness (QED) is 0.453. The first-order valence-corrected chi connectivity index (χ1v) is 7.53. The van der Waals surface area contributed by atoms with Crippen LogP contribution in [0.15, 0.2) is 11.5 Å². The van der Waals surface area contributed by atoms with Crippen LogP contribution in [0.3, 0.4) is 0 Å². The topological polar surface area (TPSA) is 0 Å². The summed E-state index contributed by atoms with van der Waals surface area (Å²) in [7, 11) is 0. The number of hydrogen-bond donors (Lipinski definition) is 0. The van der Waals surface area contributed by atoms with Gasteiger partial charge in [-0.3, -0.25) is 0 Å². The molecule has 1 aliphatic carbocycles. The first kappa shape index (κ1) is 12.3. The van der Waals surface area contributed by atoms with Gasteiger partial charge in [-0.1, -0.05) is 77.0 Å². The van der Waals surface area contributed by atoms with E-state index in [1.54, 1.807) is 5.47 Å². The number of rotatable bonds is 4. The van der Waals surface area contributed by atoms with Gasteiger partial charge in [0.1, 0.15) is 0 Å². The lowest BCUT2D eigenvalue weighted by Gasteiger charge is -2.15. The Labute approximate surface area is 102 Å². The summed E-state index contributed by atoms with van der Waals surface area (Å²) >= 11 is 0. The van der Waals surface area contributed by atoms with Crippen molar-refractivity contribution in [3.63, 3.8) is 0 Å². The number of allylic oxidation sites excluding steroid dienone is 2. The van der Waals surface area contributed by atoms with Crippen molar-refractivity contribution in [2.24, 2.45) is 5.92 Å². The summed E-state index contributed by atoms with van der Waals surface area (Å²) < 4.78 is 0. The molecule has 0 nitrogen and oxygen atoms in total. The molecule has 0 spiro atoms. The van der Waals surface area contributed by atoms with Crippen LogP contribution in [-0.4, -0.2) is 6.71 Å². The van der Waals surface area contributed by atoms with Gasteiger partial charge in [0.2, 0.25) is 0 Å². The summed E-state index contributed by atoms with van der Waals surface area (Å²) in [5.74, 6) is 1.08. The van der Waals surface area contributed by atoms with Gasteiger partial charge >= 0.3 is 0 Å². The van der Waals surface area contributed by atoms with Crippen LogP contribution in [0.25, 0.3) is 0 Å². The van der Waals surface area contributed by atoms with E-state index in [0.717, 1.165) is 12.6 Å².